The van der Waals surface area contributed by atoms with E-state index in [1.165, 1.54) is 18.4 Å². The Balaban J connectivity index is 3.20. The summed E-state index contributed by atoms with van der Waals surface area (Å²) in [6.07, 6.45) is 5.79. The quantitative estimate of drug-likeness (QED) is 0.707. The third-order valence-electron chi connectivity index (χ3n) is 3.98. The highest BCUT2D eigenvalue weighted by molar-refractivity contribution is 5.41. The first-order valence-electron chi connectivity index (χ1n) is 8.09. The van der Waals surface area contributed by atoms with Crippen LogP contribution in [-0.2, 0) is 19.3 Å². The molecule has 1 aromatic carbocycles. The van der Waals surface area contributed by atoms with E-state index in [-0.39, 0.29) is 0 Å². The van der Waals surface area contributed by atoms with E-state index in [4.69, 9.17) is 0 Å². The van der Waals surface area contributed by atoms with E-state index >= 15 is 0 Å². The fraction of sp³-hybridized carbons (Fsp3) is 0.667. The molecule has 0 aliphatic carbocycles. The van der Waals surface area contributed by atoms with Crippen LogP contribution in [0, 0.1) is 0 Å². The third kappa shape index (κ3) is 4.07. The lowest BCUT2D eigenvalue weighted by Gasteiger charge is -2.24. The molecule has 1 rings (SSSR count). The van der Waals surface area contributed by atoms with Crippen LogP contribution < -0.4 is 5.32 Å². The normalized spacial score (nSPS) is 12.7. The highest BCUT2D eigenvalue weighted by atomic mass is 14.9. The average molecular weight is 261 g/mol. The molecule has 19 heavy (non-hydrogen) atoms. The Kier molecular flexibility index (Phi) is 7.15. The predicted octanol–water partition coefficient (Wildman–Crippen LogP) is 4.82. The van der Waals surface area contributed by atoms with E-state index in [0.29, 0.717) is 6.04 Å². The minimum atomic E-state index is 0.524. The third-order valence-corrected chi connectivity index (χ3v) is 3.98. The van der Waals surface area contributed by atoms with E-state index in [0.717, 1.165) is 25.8 Å². The zero-order valence-corrected chi connectivity index (χ0v) is 13.5. The van der Waals surface area contributed by atoms with Crippen LogP contribution >= 0.6 is 0 Å². The molecular weight excluding hydrogens is 230 g/mol. The van der Waals surface area contributed by atoms with Crippen LogP contribution in [0.5, 0.6) is 0 Å². The molecule has 0 saturated carbocycles. The van der Waals surface area contributed by atoms with Crippen molar-refractivity contribution in [1.29, 1.82) is 0 Å². The van der Waals surface area contributed by atoms with Gasteiger partial charge in [-0.15, -0.1) is 0 Å². The van der Waals surface area contributed by atoms with Crippen LogP contribution in [0.1, 0.15) is 75.8 Å². The number of hydrogen-bond donors (Lipinski definition) is 1. The molecule has 1 heteroatoms. The van der Waals surface area contributed by atoms with Gasteiger partial charge in [0.2, 0.25) is 0 Å². The van der Waals surface area contributed by atoms with Gasteiger partial charge in [-0.1, -0.05) is 46.8 Å². The minimum Gasteiger partial charge on any atom is -0.310 e. The van der Waals surface area contributed by atoms with Crippen molar-refractivity contribution in [1.82, 2.24) is 5.32 Å². The molecule has 1 unspecified atom stereocenters. The van der Waals surface area contributed by atoms with Crippen molar-refractivity contribution in [3.63, 3.8) is 0 Å². The van der Waals surface area contributed by atoms with Gasteiger partial charge in [0.15, 0.2) is 0 Å². The van der Waals surface area contributed by atoms with E-state index in [1.807, 2.05) is 0 Å². The zero-order chi connectivity index (χ0) is 14.3. The van der Waals surface area contributed by atoms with Crippen molar-refractivity contribution >= 4 is 0 Å². The maximum absolute atomic E-state index is 3.72. The average Bonchev–Trinajstić information content (AvgIpc) is 2.47. The standard InChI is InChI=1S/C18H31N/c1-6-11-19-17(10-5)18-15(8-3)12-14(7-2)13-16(18)9-4/h12-13,17,19H,6-11H2,1-5H3. The summed E-state index contributed by atoms with van der Waals surface area (Å²) in [5.74, 6) is 0. The van der Waals surface area contributed by atoms with Crippen LogP contribution in [0.15, 0.2) is 12.1 Å². The molecule has 1 aromatic rings. The molecule has 1 nitrogen and oxygen atoms in total. The van der Waals surface area contributed by atoms with Gasteiger partial charge in [-0.3, -0.25) is 0 Å². The number of hydrogen-bond acceptors (Lipinski definition) is 1. The van der Waals surface area contributed by atoms with Crippen LogP contribution in [0.25, 0.3) is 0 Å². The van der Waals surface area contributed by atoms with E-state index in [1.54, 1.807) is 16.7 Å². The first-order chi connectivity index (χ1) is 9.21. The van der Waals surface area contributed by atoms with E-state index in [9.17, 15) is 0 Å². The molecule has 0 aromatic heterocycles. The summed E-state index contributed by atoms with van der Waals surface area (Å²) in [5.41, 5.74) is 6.17. The number of aryl methyl sites for hydroxylation is 3. The molecule has 1 atom stereocenters. The minimum absolute atomic E-state index is 0.524. The first kappa shape index (κ1) is 16.2. The molecule has 1 N–H and O–H groups in total. The predicted molar refractivity (Wildman–Crippen MR) is 85.9 cm³/mol. The Bertz CT molecular complexity index is 356. The summed E-state index contributed by atoms with van der Waals surface area (Å²) >= 11 is 0. The van der Waals surface area contributed by atoms with Crippen molar-refractivity contribution in [3.05, 3.63) is 34.4 Å². The van der Waals surface area contributed by atoms with Crippen molar-refractivity contribution in [2.24, 2.45) is 0 Å². The molecule has 0 amide bonds. The molecule has 0 bridgehead atoms. The van der Waals surface area contributed by atoms with Crippen molar-refractivity contribution in [2.75, 3.05) is 6.54 Å². The van der Waals surface area contributed by atoms with Crippen LogP contribution in [0.3, 0.4) is 0 Å². The fourth-order valence-electron chi connectivity index (χ4n) is 2.86. The van der Waals surface area contributed by atoms with Crippen LogP contribution in [0.4, 0.5) is 0 Å². The number of nitrogens with one attached hydrogen (secondary N) is 1. The van der Waals surface area contributed by atoms with Gasteiger partial charge >= 0.3 is 0 Å². The Hall–Kier alpha value is -0.820. The molecule has 108 valence electrons. The van der Waals surface area contributed by atoms with Gasteiger partial charge in [-0.2, -0.15) is 0 Å². The Labute approximate surface area is 119 Å². The SMILES string of the molecule is CCCNC(CC)c1c(CC)cc(CC)cc1CC. The highest BCUT2D eigenvalue weighted by Gasteiger charge is 2.16. The van der Waals surface area contributed by atoms with Crippen molar-refractivity contribution in [3.8, 4) is 0 Å². The molecule has 0 aliphatic rings. The van der Waals surface area contributed by atoms with Crippen molar-refractivity contribution in [2.45, 2.75) is 72.8 Å². The lowest BCUT2D eigenvalue weighted by atomic mass is 9.88. The van der Waals surface area contributed by atoms with Crippen molar-refractivity contribution < 1.29 is 0 Å². The molecular formula is C18H31N. The van der Waals surface area contributed by atoms with Crippen LogP contribution in [0.2, 0.25) is 0 Å². The number of rotatable bonds is 8. The molecule has 0 radical (unpaired) electrons. The smallest absolute Gasteiger partial charge is 0.0323 e. The van der Waals surface area contributed by atoms with Gasteiger partial charge in [0, 0.05) is 6.04 Å². The lowest BCUT2D eigenvalue weighted by molar-refractivity contribution is 0.511. The van der Waals surface area contributed by atoms with Gasteiger partial charge in [0.1, 0.15) is 0 Å². The monoisotopic (exact) mass is 261 g/mol. The van der Waals surface area contributed by atoms with Gasteiger partial charge in [-0.05, 0) is 60.9 Å². The molecule has 0 fully saturated rings. The lowest BCUT2D eigenvalue weighted by Crippen LogP contribution is -2.24. The van der Waals surface area contributed by atoms with Gasteiger partial charge in [-0.25, -0.2) is 0 Å². The zero-order valence-electron chi connectivity index (χ0n) is 13.5. The fourth-order valence-corrected chi connectivity index (χ4v) is 2.86. The molecule has 0 aliphatic heterocycles. The van der Waals surface area contributed by atoms with E-state index in [2.05, 4.69) is 52.1 Å². The highest BCUT2D eigenvalue weighted by Crippen LogP contribution is 2.28. The Morgan fingerprint density at radius 1 is 0.895 bits per heavy atom. The molecule has 0 spiro atoms. The van der Waals surface area contributed by atoms with E-state index < -0.39 is 0 Å². The van der Waals surface area contributed by atoms with Gasteiger partial charge < -0.3 is 5.32 Å². The topological polar surface area (TPSA) is 12.0 Å². The second-order valence-corrected chi connectivity index (χ2v) is 5.30. The van der Waals surface area contributed by atoms with Gasteiger partial charge in [0.05, 0.1) is 0 Å². The maximum Gasteiger partial charge on any atom is 0.0323 e. The summed E-state index contributed by atoms with van der Waals surface area (Å²) in [6, 6.07) is 5.37. The second kappa shape index (κ2) is 8.37. The van der Waals surface area contributed by atoms with Gasteiger partial charge in [0.25, 0.3) is 0 Å². The maximum atomic E-state index is 3.72. The summed E-state index contributed by atoms with van der Waals surface area (Å²) in [7, 11) is 0. The summed E-state index contributed by atoms with van der Waals surface area (Å²) in [5, 5.41) is 3.72. The first-order valence-corrected chi connectivity index (χ1v) is 8.09. The van der Waals surface area contributed by atoms with Crippen LogP contribution in [-0.4, -0.2) is 6.54 Å². The summed E-state index contributed by atoms with van der Waals surface area (Å²) in [4.78, 5) is 0. The Morgan fingerprint density at radius 2 is 1.47 bits per heavy atom. The summed E-state index contributed by atoms with van der Waals surface area (Å²) in [6.45, 7) is 12.5. The Morgan fingerprint density at radius 3 is 1.84 bits per heavy atom. The number of benzene rings is 1. The second-order valence-electron chi connectivity index (χ2n) is 5.30. The summed E-state index contributed by atoms with van der Waals surface area (Å²) < 4.78 is 0. The molecule has 0 heterocycles. The molecule has 0 saturated heterocycles. The largest absolute Gasteiger partial charge is 0.310 e.